The number of rotatable bonds is 6. The van der Waals surface area contributed by atoms with Crippen LogP contribution in [0.4, 0.5) is 0 Å². The predicted octanol–water partition coefficient (Wildman–Crippen LogP) is 3.07. The van der Waals surface area contributed by atoms with Gasteiger partial charge in [-0.1, -0.05) is 0 Å². The zero-order chi connectivity index (χ0) is 13.7. The van der Waals surface area contributed by atoms with E-state index < -0.39 is 5.97 Å². The van der Waals surface area contributed by atoms with Gasteiger partial charge in [0.05, 0.1) is 12.5 Å². The molecule has 0 atom stereocenters. The predicted molar refractivity (Wildman–Crippen MR) is 74.9 cm³/mol. The van der Waals surface area contributed by atoms with Crippen LogP contribution >= 0.6 is 11.3 Å². The summed E-state index contributed by atoms with van der Waals surface area (Å²) in [5, 5.41) is 8.57. The minimum Gasteiger partial charge on any atom is -0.478 e. The van der Waals surface area contributed by atoms with Crippen LogP contribution in [0.2, 0.25) is 0 Å². The molecule has 4 nitrogen and oxygen atoms in total. The van der Waals surface area contributed by atoms with Crippen LogP contribution in [0, 0.1) is 0 Å². The van der Waals surface area contributed by atoms with Gasteiger partial charge in [0.1, 0.15) is 0 Å². The van der Waals surface area contributed by atoms with E-state index in [1.165, 1.54) is 4.88 Å². The molecule has 0 aromatic carbocycles. The summed E-state index contributed by atoms with van der Waals surface area (Å²) in [7, 11) is 2.04. The lowest BCUT2D eigenvalue weighted by atomic mass is 10.3. The molecule has 0 spiro atoms. The lowest BCUT2D eigenvalue weighted by molar-refractivity contribution is -0.131. The zero-order valence-electron chi connectivity index (χ0n) is 10.6. The van der Waals surface area contributed by atoms with Crippen LogP contribution in [0.25, 0.3) is 6.08 Å². The Kier molecular flexibility index (Phi) is 4.54. The van der Waals surface area contributed by atoms with Gasteiger partial charge in [-0.05, 0) is 31.3 Å². The Morgan fingerprint density at radius 3 is 2.95 bits per heavy atom. The van der Waals surface area contributed by atoms with Gasteiger partial charge in [-0.3, -0.25) is 4.90 Å². The van der Waals surface area contributed by atoms with Crippen LogP contribution in [0.3, 0.4) is 0 Å². The van der Waals surface area contributed by atoms with Crippen LogP contribution in [0.5, 0.6) is 0 Å². The van der Waals surface area contributed by atoms with Gasteiger partial charge in [-0.15, -0.1) is 11.3 Å². The number of nitrogens with zero attached hydrogens (tertiary/aromatic N) is 1. The van der Waals surface area contributed by atoms with E-state index in [9.17, 15) is 4.79 Å². The Morgan fingerprint density at radius 1 is 1.42 bits per heavy atom. The molecule has 1 N–H and O–H groups in total. The molecular formula is C14H15NO3S. The van der Waals surface area contributed by atoms with Gasteiger partial charge in [0.2, 0.25) is 0 Å². The molecule has 0 saturated heterocycles. The van der Waals surface area contributed by atoms with Crippen molar-refractivity contribution in [2.45, 2.75) is 13.1 Å². The molecule has 5 heteroatoms. The van der Waals surface area contributed by atoms with E-state index in [1.54, 1.807) is 29.9 Å². The van der Waals surface area contributed by atoms with Crippen molar-refractivity contribution in [3.8, 4) is 0 Å². The van der Waals surface area contributed by atoms with Crippen molar-refractivity contribution < 1.29 is 14.3 Å². The Balaban J connectivity index is 1.90. The highest BCUT2D eigenvalue weighted by molar-refractivity contribution is 7.12. The van der Waals surface area contributed by atoms with Crippen molar-refractivity contribution in [1.82, 2.24) is 4.90 Å². The van der Waals surface area contributed by atoms with Crippen molar-refractivity contribution in [3.05, 3.63) is 52.1 Å². The first-order chi connectivity index (χ1) is 9.13. The third kappa shape index (κ3) is 4.39. The third-order valence-electron chi connectivity index (χ3n) is 2.53. The van der Waals surface area contributed by atoms with Crippen molar-refractivity contribution in [2.24, 2.45) is 0 Å². The maximum atomic E-state index is 10.4. The fraction of sp³-hybridized carbons (Fsp3) is 0.214. The van der Waals surface area contributed by atoms with E-state index >= 15 is 0 Å². The monoisotopic (exact) mass is 277 g/mol. The standard InChI is InChI=1S/C14H15NO3S/c1-15(8-11-6-7-18-10-11)9-13-3-2-12(19-13)4-5-14(16)17/h2-7,10H,8-9H2,1H3,(H,16,17)/b5-4+. The van der Waals surface area contributed by atoms with Gasteiger partial charge in [-0.25, -0.2) is 4.79 Å². The summed E-state index contributed by atoms with van der Waals surface area (Å²) >= 11 is 1.60. The maximum Gasteiger partial charge on any atom is 0.328 e. The van der Waals surface area contributed by atoms with Crippen LogP contribution < -0.4 is 0 Å². The number of carbonyl (C=O) groups is 1. The molecular weight excluding hydrogens is 262 g/mol. The Bertz CT molecular complexity index is 557. The normalized spacial score (nSPS) is 11.5. The topological polar surface area (TPSA) is 53.7 Å². The molecule has 0 bridgehead atoms. The molecule has 0 aliphatic carbocycles. The van der Waals surface area contributed by atoms with E-state index in [-0.39, 0.29) is 0 Å². The molecule has 2 aromatic rings. The summed E-state index contributed by atoms with van der Waals surface area (Å²) in [6.45, 7) is 1.66. The van der Waals surface area contributed by atoms with Gasteiger partial charge in [-0.2, -0.15) is 0 Å². The number of aliphatic carboxylic acids is 1. The summed E-state index contributed by atoms with van der Waals surface area (Å²) in [6, 6.07) is 5.91. The SMILES string of the molecule is CN(Cc1ccoc1)Cc1ccc(/C=C/C(=O)O)s1. The fourth-order valence-corrected chi connectivity index (χ4v) is 2.73. The first-order valence-electron chi connectivity index (χ1n) is 5.83. The molecule has 0 unspecified atom stereocenters. The van der Waals surface area contributed by atoms with Crippen molar-refractivity contribution in [2.75, 3.05) is 7.05 Å². The Labute approximate surface area is 115 Å². The lowest BCUT2D eigenvalue weighted by Crippen LogP contribution is -2.15. The number of carboxylic acid groups (broad SMARTS) is 1. The van der Waals surface area contributed by atoms with Crippen LogP contribution in [0.15, 0.2) is 41.2 Å². The van der Waals surface area contributed by atoms with Gasteiger partial charge in [0.25, 0.3) is 0 Å². The first kappa shape index (κ1) is 13.6. The highest BCUT2D eigenvalue weighted by Gasteiger charge is 2.05. The molecule has 0 amide bonds. The second-order valence-electron chi connectivity index (χ2n) is 4.28. The molecule has 0 fully saturated rings. The van der Waals surface area contributed by atoms with Crippen LogP contribution in [-0.4, -0.2) is 23.0 Å². The fourth-order valence-electron chi connectivity index (χ4n) is 1.74. The molecule has 2 rings (SSSR count). The second kappa shape index (κ2) is 6.36. The molecule has 100 valence electrons. The molecule has 2 aromatic heterocycles. The average molecular weight is 277 g/mol. The Hall–Kier alpha value is -1.85. The summed E-state index contributed by atoms with van der Waals surface area (Å²) in [5.74, 6) is -0.924. The van der Waals surface area contributed by atoms with E-state index in [1.807, 2.05) is 25.2 Å². The van der Waals surface area contributed by atoms with Crippen molar-refractivity contribution in [3.63, 3.8) is 0 Å². The lowest BCUT2D eigenvalue weighted by Gasteiger charge is -2.13. The van der Waals surface area contributed by atoms with Crippen LogP contribution in [0.1, 0.15) is 15.3 Å². The molecule has 0 saturated carbocycles. The minimum atomic E-state index is -0.924. The zero-order valence-corrected chi connectivity index (χ0v) is 11.4. The van der Waals surface area contributed by atoms with Gasteiger partial charge < -0.3 is 9.52 Å². The van der Waals surface area contributed by atoms with Crippen molar-refractivity contribution >= 4 is 23.4 Å². The van der Waals surface area contributed by atoms with E-state index in [2.05, 4.69) is 4.90 Å². The third-order valence-corrected chi connectivity index (χ3v) is 3.57. The van der Waals surface area contributed by atoms with Gasteiger partial charge in [0.15, 0.2) is 0 Å². The van der Waals surface area contributed by atoms with Crippen molar-refractivity contribution in [1.29, 1.82) is 0 Å². The highest BCUT2D eigenvalue weighted by Crippen LogP contribution is 2.20. The van der Waals surface area contributed by atoms with E-state index in [0.29, 0.717) is 0 Å². The second-order valence-corrected chi connectivity index (χ2v) is 5.48. The highest BCUT2D eigenvalue weighted by atomic mass is 32.1. The number of thiophene rings is 1. The average Bonchev–Trinajstić information content (AvgIpc) is 2.98. The first-order valence-corrected chi connectivity index (χ1v) is 6.64. The number of carboxylic acids is 1. The van der Waals surface area contributed by atoms with E-state index in [0.717, 1.165) is 29.6 Å². The summed E-state index contributed by atoms with van der Waals surface area (Å²) in [5.41, 5.74) is 1.14. The van der Waals surface area contributed by atoms with Gasteiger partial charge >= 0.3 is 5.97 Å². The van der Waals surface area contributed by atoms with Gasteiger partial charge in [0, 0.05) is 34.5 Å². The molecule has 0 aliphatic rings. The quantitative estimate of drug-likeness (QED) is 0.824. The largest absolute Gasteiger partial charge is 0.478 e. The number of hydrogen-bond donors (Lipinski definition) is 1. The maximum absolute atomic E-state index is 10.4. The molecule has 2 heterocycles. The Morgan fingerprint density at radius 2 is 2.26 bits per heavy atom. The smallest absolute Gasteiger partial charge is 0.328 e. The molecule has 0 radical (unpaired) electrons. The summed E-state index contributed by atoms with van der Waals surface area (Å²) in [4.78, 5) is 14.8. The number of furan rings is 1. The summed E-state index contributed by atoms with van der Waals surface area (Å²) in [6.07, 6.45) is 6.19. The van der Waals surface area contributed by atoms with Crippen LogP contribution in [-0.2, 0) is 17.9 Å². The molecule has 0 aliphatic heterocycles. The minimum absolute atomic E-state index is 0.828. The van der Waals surface area contributed by atoms with E-state index in [4.69, 9.17) is 9.52 Å². The number of hydrogen-bond acceptors (Lipinski definition) is 4. The summed E-state index contributed by atoms with van der Waals surface area (Å²) < 4.78 is 5.04. The molecule has 19 heavy (non-hydrogen) atoms.